The second-order valence-corrected chi connectivity index (χ2v) is 6.61. The van der Waals surface area contributed by atoms with E-state index in [1.807, 2.05) is 13.8 Å². The smallest absolute Gasteiger partial charge is 0.338 e. The van der Waals surface area contributed by atoms with Gasteiger partial charge in [-0.05, 0) is 19.9 Å². The molecule has 1 aromatic rings. The molecular weight excluding hydrogens is 342 g/mol. The zero-order valence-electron chi connectivity index (χ0n) is 15.1. The van der Waals surface area contributed by atoms with E-state index >= 15 is 0 Å². The monoisotopic (exact) mass is 365 g/mol. The number of methoxy groups -OCH3 is 1. The number of hydrogen-bond acceptors (Lipinski definition) is 7. The number of morpholine rings is 1. The van der Waals surface area contributed by atoms with Crippen molar-refractivity contribution in [2.45, 2.75) is 19.4 Å². The molecule has 1 aliphatic rings. The number of hydrogen-bond donors (Lipinski definition) is 1. The third kappa shape index (κ3) is 4.77. The molecule has 2 rings (SSSR count). The summed E-state index contributed by atoms with van der Waals surface area (Å²) in [6.45, 7) is 7.19. The van der Waals surface area contributed by atoms with Gasteiger partial charge in [-0.2, -0.15) is 0 Å². The van der Waals surface area contributed by atoms with E-state index in [2.05, 4.69) is 15.0 Å². The molecule has 0 unspecified atom stereocenters. The van der Waals surface area contributed by atoms with Gasteiger partial charge in [-0.1, -0.05) is 0 Å². The maximum atomic E-state index is 12.5. The number of nitrogens with one attached hydrogen (secondary N) is 1. The van der Waals surface area contributed by atoms with Crippen LogP contribution in [0.3, 0.4) is 0 Å². The Morgan fingerprint density at radius 2 is 1.88 bits per heavy atom. The highest BCUT2D eigenvalue weighted by Gasteiger charge is 2.29. The number of ether oxygens (including phenoxy) is 2. The van der Waals surface area contributed by atoms with Gasteiger partial charge in [0, 0.05) is 42.9 Å². The standard InChI is InChI=1S/C17H23N3O6/c1-17(2,19-4-6-26-7-5-19)11-18-15(21)12-8-13(16(22)25-3)10-14(9-12)20(23)24/h8-10H,4-7,11H2,1-3H3,(H,18,21). The van der Waals surface area contributed by atoms with Crippen LogP contribution in [0.4, 0.5) is 5.69 Å². The quantitative estimate of drug-likeness (QED) is 0.458. The summed E-state index contributed by atoms with van der Waals surface area (Å²) in [5.41, 5.74) is -0.645. The van der Waals surface area contributed by atoms with Crippen LogP contribution in [0.1, 0.15) is 34.6 Å². The average Bonchev–Trinajstić information content (AvgIpc) is 2.65. The summed E-state index contributed by atoms with van der Waals surface area (Å²) in [6, 6.07) is 3.51. The Morgan fingerprint density at radius 1 is 1.27 bits per heavy atom. The fourth-order valence-electron chi connectivity index (χ4n) is 2.76. The first kappa shape index (κ1) is 19.8. The first-order valence-corrected chi connectivity index (χ1v) is 8.23. The van der Waals surface area contributed by atoms with Crippen molar-refractivity contribution in [3.8, 4) is 0 Å². The van der Waals surface area contributed by atoms with Crippen molar-refractivity contribution in [1.29, 1.82) is 0 Å². The van der Waals surface area contributed by atoms with Crippen molar-refractivity contribution in [3.63, 3.8) is 0 Å². The number of carbonyl (C=O) groups excluding carboxylic acids is 2. The van der Waals surface area contributed by atoms with E-state index in [1.54, 1.807) is 0 Å². The molecule has 0 bridgehead atoms. The molecule has 1 aromatic carbocycles. The van der Waals surface area contributed by atoms with Gasteiger partial charge in [-0.25, -0.2) is 4.79 Å². The van der Waals surface area contributed by atoms with Crippen LogP contribution in [-0.4, -0.2) is 67.2 Å². The van der Waals surface area contributed by atoms with E-state index in [0.29, 0.717) is 19.8 Å². The molecule has 9 heteroatoms. The van der Waals surface area contributed by atoms with Crippen LogP contribution in [0.15, 0.2) is 18.2 Å². The van der Waals surface area contributed by atoms with Gasteiger partial charge in [0.25, 0.3) is 11.6 Å². The van der Waals surface area contributed by atoms with Gasteiger partial charge >= 0.3 is 5.97 Å². The van der Waals surface area contributed by atoms with E-state index < -0.39 is 16.8 Å². The summed E-state index contributed by atoms with van der Waals surface area (Å²) in [5.74, 6) is -1.23. The average molecular weight is 365 g/mol. The Labute approximate surface area is 151 Å². The number of benzene rings is 1. The zero-order chi connectivity index (χ0) is 19.3. The van der Waals surface area contributed by atoms with E-state index in [9.17, 15) is 19.7 Å². The molecule has 0 aromatic heterocycles. The molecule has 1 heterocycles. The summed E-state index contributed by atoms with van der Waals surface area (Å²) < 4.78 is 9.92. The zero-order valence-corrected chi connectivity index (χ0v) is 15.1. The molecule has 0 saturated carbocycles. The van der Waals surface area contributed by atoms with Crippen LogP contribution >= 0.6 is 0 Å². The fraction of sp³-hybridized carbons (Fsp3) is 0.529. The van der Waals surface area contributed by atoms with Crippen LogP contribution in [0.5, 0.6) is 0 Å². The van der Waals surface area contributed by atoms with E-state index in [-0.39, 0.29) is 22.4 Å². The maximum absolute atomic E-state index is 12.5. The number of nitrogens with zero attached hydrogens (tertiary/aromatic N) is 2. The van der Waals surface area contributed by atoms with E-state index in [0.717, 1.165) is 25.2 Å². The van der Waals surface area contributed by atoms with Crippen molar-refractivity contribution in [1.82, 2.24) is 10.2 Å². The second-order valence-electron chi connectivity index (χ2n) is 6.61. The van der Waals surface area contributed by atoms with Crippen molar-refractivity contribution in [2.75, 3.05) is 40.0 Å². The summed E-state index contributed by atoms with van der Waals surface area (Å²) in [5, 5.41) is 13.9. The SMILES string of the molecule is COC(=O)c1cc(C(=O)NCC(C)(C)N2CCOCC2)cc([N+](=O)[O-])c1. The Hall–Kier alpha value is -2.52. The van der Waals surface area contributed by atoms with Crippen molar-refractivity contribution in [3.05, 3.63) is 39.4 Å². The summed E-state index contributed by atoms with van der Waals surface area (Å²) in [4.78, 5) is 36.8. The van der Waals surface area contributed by atoms with Crippen molar-refractivity contribution in [2.24, 2.45) is 0 Å². The molecule has 0 spiro atoms. The van der Waals surface area contributed by atoms with Gasteiger partial charge in [0.15, 0.2) is 0 Å². The first-order chi connectivity index (χ1) is 12.2. The lowest BCUT2D eigenvalue weighted by atomic mass is 10.0. The van der Waals surface area contributed by atoms with Gasteiger partial charge in [0.2, 0.25) is 0 Å². The fourth-order valence-corrected chi connectivity index (χ4v) is 2.76. The van der Waals surface area contributed by atoms with Crippen LogP contribution in [-0.2, 0) is 9.47 Å². The van der Waals surface area contributed by atoms with Crippen molar-refractivity contribution >= 4 is 17.6 Å². The minimum Gasteiger partial charge on any atom is -0.465 e. The number of non-ortho nitro benzene ring substituents is 1. The van der Waals surface area contributed by atoms with Gasteiger partial charge in [0.05, 0.1) is 30.8 Å². The minimum atomic E-state index is -0.739. The van der Waals surface area contributed by atoms with Crippen molar-refractivity contribution < 1.29 is 24.0 Å². The highest BCUT2D eigenvalue weighted by Crippen LogP contribution is 2.19. The largest absolute Gasteiger partial charge is 0.465 e. The molecule has 9 nitrogen and oxygen atoms in total. The van der Waals surface area contributed by atoms with Gasteiger partial charge in [-0.15, -0.1) is 0 Å². The molecule has 1 fully saturated rings. The molecule has 1 saturated heterocycles. The number of carbonyl (C=O) groups is 2. The third-order valence-electron chi connectivity index (χ3n) is 4.36. The molecule has 26 heavy (non-hydrogen) atoms. The van der Waals surface area contributed by atoms with Gasteiger partial charge in [0.1, 0.15) is 0 Å². The number of amides is 1. The third-order valence-corrected chi connectivity index (χ3v) is 4.36. The topological polar surface area (TPSA) is 111 Å². The number of nitro benzene ring substituents is 1. The second kappa shape index (κ2) is 8.24. The maximum Gasteiger partial charge on any atom is 0.338 e. The molecular formula is C17H23N3O6. The Balaban J connectivity index is 2.14. The van der Waals surface area contributed by atoms with Gasteiger partial charge < -0.3 is 14.8 Å². The lowest BCUT2D eigenvalue weighted by Gasteiger charge is -2.40. The molecule has 0 aliphatic carbocycles. The normalized spacial score (nSPS) is 15.3. The van der Waals surface area contributed by atoms with Crippen LogP contribution in [0.2, 0.25) is 0 Å². The molecule has 1 amide bonds. The Kier molecular flexibility index (Phi) is 6.27. The number of rotatable bonds is 6. The lowest BCUT2D eigenvalue weighted by Crippen LogP contribution is -2.55. The van der Waals surface area contributed by atoms with Crippen LogP contribution in [0, 0.1) is 10.1 Å². The summed E-state index contributed by atoms with van der Waals surface area (Å²) >= 11 is 0. The molecule has 0 radical (unpaired) electrons. The van der Waals surface area contributed by atoms with Crippen LogP contribution in [0.25, 0.3) is 0 Å². The highest BCUT2D eigenvalue weighted by molar-refractivity contribution is 5.99. The first-order valence-electron chi connectivity index (χ1n) is 8.23. The number of nitro groups is 1. The van der Waals surface area contributed by atoms with Crippen LogP contribution < -0.4 is 5.32 Å². The molecule has 1 aliphatic heterocycles. The Bertz CT molecular complexity index is 698. The molecule has 1 N–H and O–H groups in total. The number of esters is 1. The molecule has 142 valence electrons. The summed E-state index contributed by atoms with van der Waals surface area (Å²) in [7, 11) is 1.17. The minimum absolute atomic E-state index is 0.0392. The predicted molar refractivity (Wildman–Crippen MR) is 93.2 cm³/mol. The summed E-state index contributed by atoms with van der Waals surface area (Å²) in [6.07, 6.45) is 0. The predicted octanol–water partition coefficient (Wildman–Crippen LogP) is 1.22. The lowest BCUT2D eigenvalue weighted by molar-refractivity contribution is -0.384. The highest BCUT2D eigenvalue weighted by atomic mass is 16.6. The Morgan fingerprint density at radius 3 is 2.46 bits per heavy atom. The van der Waals surface area contributed by atoms with E-state index in [4.69, 9.17) is 4.74 Å². The van der Waals surface area contributed by atoms with E-state index in [1.165, 1.54) is 13.2 Å². The molecule has 0 atom stereocenters. The van der Waals surface area contributed by atoms with Gasteiger partial charge in [-0.3, -0.25) is 19.8 Å².